The van der Waals surface area contributed by atoms with Crippen molar-refractivity contribution in [2.75, 3.05) is 13.2 Å². The number of aromatic nitrogens is 1. The Hall–Kier alpha value is -0.690. The average Bonchev–Trinajstić information content (AvgIpc) is 2.26. The lowest BCUT2D eigenvalue weighted by atomic mass is 10.4. The molecule has 0 N–H and O–H groups in total. The molecule has 0 saturated heterocycles. The van der Waals surface area contributed by atoms with Crippen LogP contribution in [0.1, 0.15) is 13.8 Å². The van der Waals surface area contributed by atoms with Gasteiger partial charge in [0, 0.05) is 17.9 Å². The average molecular weight is 301 g/mol. The van der Waals surface area contributed by atoms with Gasteiger partial charge in [0.15, 0.2) is 11.6 Å². The summed E-state index contributed by atoms with van der Waals surface area (Å²) in [4.78, 5) is 2.98. The Morgan fingerprint density at radius 2 is 1.72 bits per heavy atom. The highest BCUT2D eigenvalue weighted by Gasteiger charge is 2.25. The predicted molar refractivity (Wildman–Crippen MR) is 62.3 cm³/mol. The number of hydrogen-bond donors (Lipinski definition) is 0. The maximum atomic E-state index is 13.3. The third-order valence-electron chi connectivity index (χ3n) is 1.63. The fraction of sp³-hybridized carbons (Fsp3) is 0.444. The third kappa shape index (κ3) is 3.91. The minimum atomic E-state index is -3.26. The van der Waals surface area contributed by atoms with E-state index in [1.807, 2.05) is 0 Å². The summed E-state index contributed by atoms with van der Waals surface area (Å²) in [5, 5.41) is 0. The Morgan fingerprint density at radius 1 is 1.17 bits per heavy atom. The van der Waals surface area contributed by atoms with Crippen molar-refractivity contribution in [1.29, 1.82) is 0 Å². The molecule has 102 valence electrons. The molecular formula is C9H11F3NO3PS. The van der Waals surface area contributed by atoms with Crippen molar-refractivity contribution in [2.24, 2.45) is 0 Å². The lowest BCUT2D eigenvalue weighted by Gasteiger charge is -2.20. The Balaban J connectivity index is 3.01. The molecule has 18 heavy (non-hydrogen) atoms. The van der Waals surface area contributed by atoms with Gasteiger partial charge in [0.2, 0.25) is 0 Å². The van der Waals surface area contributed by atoms with Gasteiger partial charge in [0.1, 0.15) is 0 Å². The van der Waals surface area contributed by atoms with Crippen molar-refractivity contribution in [3.05, 3.63) is 23.6 Å². The SMILES string of the molecule is CCOP(=S)(OCC)Oc1nc(F)c(F)cc1F. The van der Waals surface area contributed by atoms with Crippen molar-refractivity contribution in [3.63, 3.8) is 0 Å². The quantitative estimate of drug-likeness (QED) is 0.596. The fourth-order valence-corrected chi connectivity index (χ4v) is 3.00. The van der Waals surface area contributed by atoms with Crippen LogP contribution in [0.2, 0.25) is 0 Å². The Morgan fingerprint density at radius 3 is 2.22 bits per heavy atom. The molecule has 0 aliphatic carbocycles. The van der Waals surface area contributed by atoms with E-state index in [1.54, 1.807) is 13.8 Å². The number of rotatable bonds is 6. The van der Waals surface area contributed by atoms with Crippen LogP contribution in [0.15, 0.2) is 6.07 Å². The van der Waals surface area contributed by atoms with Gasteiger partial charge in [0.05, 0.1) is 13.2 Å². The van der Waals surface area contributed by atoms with Crippen LogP contribution in [0, 0.1) is 17.6 Å². The molecule has 0 radical (unpaired) electrons. The van der Waals surface area contributed by atoms with Gasteiger partial charge in [0.25, 0.3) is 11.8 Å². The summed E-state index contributed by atoms with van der Waals surface area (Å²) in [5.41, 5.74) is 0. The zero-order valence-corrected chi connectivity index (χ0v) is 11.4. The summed E-state index contributed by atoms with van der Waals surface area (Å²) >= 11 is 4.94. The number of hydrogen-bond acceptors (Lipinski definition) is 5. The first kappa shape index (κ1) is 15.4. The van der Waals surface area contributed by atoms with Crippen LogP contribution in [0.3, 0.4) is 0 Å². The van der Waals surface area contributed by atoms with Crippen LogP contribution in [-0.2, 0) is 20.9 Å². The third-order valence-corrected chi connectivity index (χ3v) is 4.03. The van der Waals surface area contributed by atoms with E-state index in [2.05, 4.69) is 4.98 Å². The zero-order valence-electron chi connectivity index (χ0n) is 9.65. The molecule has 0 unspecified atom stereocenters. The summed E-state index contributed by atoms with van der Waals surface area (Å²) in [7, 11) is 0. The molecule has 4 nitrogen and oxygen atoms in total. The molecule has 1 heterocycles. The second-order valence-electron chi connectivity index (χ2n) is 2.92. The van der Waals surface area contributed by atoms with Gasteiger partial charge in [-0.15, -0.1) is 0 Å². The second-order valence-corrected chi connectivity index (χ2v) is 5.86. The summed E-state index contributed by atoms with van der Waals surface area (Å²) in [6, 6.07) is 0.315. The molecule has 0 spiro atoms. The largest absolute Gasteiger partial charge is 0.402 e. The summed E-state index contributed by atoms with van der Waals surface area (Å²) in [6.07, 6.45) is 0. The molecular weight excluding hydrogens is 290 g/mol. The van der Waals surface area contributed by atoms with Crippen LogP contribution in [-0.4, -0.2) is 18.2 Å². The van der Waals surface area contributed by atoms with Gasteiger partial charge < -0.3 is 4.52 Å². The second kappa shape index (κ2) is 6.47. The van der Waals surface area contributed by atoms with Crippen molar-refractivity contribution < 1.29 is 26.7 Å². The van der Waals surface area contributed by atoms with Gasteiger partial charge in [-0.05, 0) is 13.8 Å². The molecule has 9 heteroatoms. The molecule has 0 aliphatic rings. The maximum Gasteiger partial charge on any atom is 0.381 e. The summed E-state index contributed by atoms with van der Waals surface area (Å²) in [5.74, 6) is -4.86. The molecule has 0 aliphatic heterocycles. The fourth-order valence-electron chi connectivity index (χ4n) is 1.00. The van der Waals surface area contributed by atoms with Crippen LogP contribution < -0.4 is 4.52 Å². The number of pyridine rings is 1. The lowest BCUT2D eigenvalue weighted by Crippen LogP contribution is -2.06. The van der Waals surface area contributed by atoms with E-state index >= 15 is 0 Å². The molecule has 0 bridgehead atoms. The maximum absolute atomic E-state index is 13.3. The van der Waals surface area contributed by atoms with Gasteiger partial charge in [-0.3, -0.25) is 9.05 Å². The highest BCUT2D eigenvalue weighted by molar-refractivity contribution is 8.07. The van der Waals surface area contributed by atoms with Gasteiger partial charge in [-0.1, -0.05) is 0 Å². The van der Waals surface area contributed by atoms with E-state index in [4.69, 9.17) is 25.4 Å². The molecule has 0 fully saturated rings. The smallest absolute Gasteiger partial charge is 0.381 e. The van der Waals surface area contributed by atoms with E-state index in [1.165, 1.54) is 0 Å². The first-order valence-corrected chi connectivity index (χ1v) is 7.57. The molecule has 0 saturated carbocycles. The van der Waals surface area contributed by atoms with Gasteiger partial charge in [-0.2, -0.15) is 9.37 Å². The van der Waals surface area contributed by atoms with Crippen molar-refractivity contribution in [1.82, 2.24) is 4.98 Å². The predicted octanol–water partition coefficient (Wildman–Crippen LogP) is 3.18. The van der Waals surface area contributed by atoms with E-state index < -0.39 is 30.2 Å². The monoisotopic (exact) mass is 301 g/mol. The highest BCUT2D eigenvalue weighted by atomic mass is 32.5. The molecule has 1 aromatic heterocycles. The summed E-state index contributed by atoms with van der Waals surface area (Å²) in [6.45, 7) is 0.352. The minimum absolute atomic E-state index is 0.169. The number of halogens is 3. The summed E-state index contributed by atoms with van der Waals surface area (Å²) < 4.78 is 53.9. The van der Waals surface area contributed by atoms with Crippen LogP contribution in [0.25, 0.3) is 0 Å². The lowest BCUT2D eigenvalue weighted by molar-refractivity contribution is 0.212. The van der Waals surface area contributed by atoms with Crippen molar-refractivity contribution in [2.45, 2.75) is 13.8 Å². The Kier molecular flexibility index (Phi) is 5.52. The number of nitrogens with zero attached hydrogens (tertiary/aromatic N) is 1. The van der Waals surface area contributed by atoms with Gasteiger partial charge in [-0.25, -0.2) is 8.78 Å². The minimum Gasteiger partial charge on any atom is -0.402 e. The Bertz CT molecular complexity index is 465. The van der Waals surface area contributed by atoms with E-state index in [0.29, 0.717) is 6.07 Å². The van der Waals surface area contributed by atoms with Crippen molar-refractivity contribution in [3.8, 4) is 5.88 Å². The molecule has 0 atom stereocenters. The van der Waals surface area contributed by atoms with E-state index in [9.17, 15) is 13.2 Å². The van der Waals surface area contributed by atoms with E-state index in [0.717, 1.165) is 0 Å². The normalized spacial score (nSPS) is 11.6. The van der Waals surface area contributed by atoms with Crippen LogP contribution in [0.5, 0.6) is 5.88 Å². The zero-order chi connectivity index (χ0) is 13.8. The molecule has 1 rings (SSSR count). The van der Waals surface area contributed by atoms with Gasteiger partial charge >= 0.3 is 6.72 Å². The van der Waals surface area contributed by atoms with E-state index in [-0.39, 0.29) is 13.2 Å². The molecule has 1 aromatic rings. The topological polar surface area (TPSA) is 40.6 Å². The van der Waals surface area contributed by atoms with Crippen molar-refractivity contribution >= 4 is 18.5 Å². The first-order chi connectivity index (χ1) is 8.41. The molecule has 0 amide bonds. The standard InChI is InChI=1S/C9H11F3NO3PS/c1-3-14-17(18,15-4-2)16-9-7(11)5-6(10)8(12)13-9/h5H,3-4H2,1-2H3. The highest BCUT2D eigenvalue weighted by Crippen LogP contribution is 2.49. The molecule has 0 aromatic carbocycles. The Labute approximate surface area is 107 Å². The first-order valence-electron chi connectivity index (χ1n) is 5.02. The van der Waals surface area contributed by atoms with Crippen LogP contribution >= 0.6 is 6.72 Å². The van der Waals surface area contributed by atoms with Crippen LogP contribution in [0.4, 0.5) is 13.2 Å².